The van der Waals surface area contributed by atoms with E-state index >= 15 is 0 Å². The Kier molecular flexibility index (Phi) is 10.9. The van der Waals surface area contributed by atoms with Crippen molar-refractivity contribution >= 4 is 0 Å². The second kappa shape index (κ2) is 13.4. The number of unbranched alkanes of at least 4 members (excludes halogenated alkanes) is 3. The maximum absolute atomic E-state index is 2.37. The number of hydrogen-bond acceptors (Lipinski definition) is 0. The van der Waals surface area contributed by atoms with E-state index < -0.39 is 0 Å². The lowest BCUT2D eigenvalue weighted by Crippen LogP contribution is -2.23. The third-order valence-corrected chi connectivity index (χ3v) is 9.40. The third-order valence-electron chi connectivity index (χ3n) is 9.40. The Morgan fingerprint density at radius 2 is 0.759 bits per heavy atom. The molecule has 0 heteroatoms. The molecule has 0 aromatic heterocycles. The summed E-state index contributed by atoms with van der Waals surface area (Å²) in [5.74, 6) is 6.55. The van der Waals surface area contributed by atoms with E-state index in [4.69, 9.17) is 0 Å². The second-order valence-electron chi connectivity index (χ2n) is 11.8. The predicted octanol–water partition coefficient (Wildman–Crippen LogP) is 9.96. The fourth-order valence-electron chi connectivity index (χ4n) is 7.43. The van der Waals surface area contributed by atoms with Crippen LogP contribution in [-0.2, 0) is 0 Å². The van der Waals surface area contributed by atoms with Crippen molar-refractivity contribution < 1.29 is 0 Å². The van der Waals surface area contributed by atoms with Crippen LogP contribution in [0.3, 0.4) is 0 Å². The topological polar surface area (TPSA) is 0 Å². The van der Waals surface area contributed by atoms with E-state index in [1.165, 1.54) is 44.9 Å². The van der Waals surface area contributed by atoms with Gasteiger partial charge in [0.25, 0.3) is 0 Å². The van der Waals surface area contributed by atoms with Crippen LogP contribution < -0.4 is 0 Å². The van der Waals surface area contributed by atoms with Gasteiger partial charge in [0.2, 0.25) is 0 Å². The molecule has 0 amide bonds. The van der Waals surface area contributed by atoms with E-state index in [0.29, 0.717) is 0 Å². The highest BCUT2D eigenvalue weighted by Gasteiger charge is 2.29. The maximum Gasteiger partial charge on any atom is -0.0411 e. The van der Waals surface area contributed by atoms with E-state index in [0.717, 1.165) is 35.5 Å². The van der Waals surface area contributed by atoms with Gasteiger partial charge < -0.3 is 0 Å². The van der Waals surface area contributed by atoms with Crippen molar-refractivity contribution in [2.24, 2.45) is 35.5 Å². The SMILES string of the molecule is CCCCCC[C@H]1CC[C@H](C[C@H]2CC[C@H](C[C@H]3CC[C@H](CCC)CC3)CC2)CC1. The monoisotopic (exact) mass is 402 g/mol. The van der Waals surface area contributed by atoms with E-state index in [1.807, 2.05) is 0 Å². The van der Waals surface area contributed by atoms with Crippen LogP contribution in [0.5, 0.6) is 0 Å². The fourth-order valence-corrected chi connectivity index (χ4v) is 7.43. The van der Waals surface area contributed by atoms with Gasteiger partial charge in [0.15, 0.2) is 0 Å². The number of rotatable bonds is 11. The first kappa shape index (κ1) is 23.7. The summed E-state index contributed by atoms with van der Waals surface area (Å²) in [6.07, 6.45) is 32.3. The van der Waals surface area contributed by atoms with Gasteiger partial charge in [0.05, 0.1) is 0 Å². The zero-order chi connectivity index (χ0) is 20.3. The molecule has 0 radical (unpaired) electrons. The van der Waals surface area contributed by atoms with Crippen LogP contribution in [0.15, 0.2) is 0 Å². The molecule has 0 bridgehead atoms. The summed E-state index contributed by atoms with van der Waals surface area (Å²) in [4.78, 5) is 0. The van der Waals surface area contributed by atoms with Gasteiger partial charge in [-0.05, 0) is 48.3 Å². The van der Waals surface area contributed by atoms with Crippen LogP contribution in [0.4, 0.5) is 0 Å². The minimum atomic E-state index is 1.08. The van der Waals surface area contributed by atoms with Gasteiger partial charge in [-0.2, -0.15) is 0 Å². The molecule has 0 unspecified atom stereocenters. The highest BCUT2D eigenvalue weighted by atomic mass is 14.3. The first-order valence-corrected chi connectivity index (χ1v) is 14.3. The van der Waals surface area contributed by atoms with E-state index in [-0.39, 0.29) is 0 Å². The second-order valence-corrected chi connectivity index (χ2v) is 11.8. The van der Waals surface area contributed by atoms with Crippen molar-refractivity contribution in [3.8, 4) is 0 Å². The summed E-state index contributed by atoms with van der Waals surface area (Å²) in [6.45, 7) is 4.70. The van der Waals surface area contributed by atoms with E-state index in [9.17, 15) is 0 Å². The highest BCUT2D eigenvalue weighted by Crippen LogP contribution is 2.42. The Labute approximate surface area is 184 Å². The van der Waals surface area contributed by atoms with Gasteiger partial charge in [0.1, 0.15) is 0 Å². The predicted molar refractivity (Wildman–Crippen MR) is 129 cm³/mol. The average molecular weight is 403 g/mol. The largest absolute Gasteiger partial charge is 0.0654 e. The molecular formula is C29H54. The van der Waals surface area contributed by atoms with E-state index in [1.54, 1.807) is 89.9 Å². The summed E-state index contributed by atoms with van der Waals surface area (Å²) in [7, 11) is 0. The molecule has 3 fully saturated rings. The molecule has 3 rings (SSSR count). The molecule has 0 nitrogen and oxygen atoms in total. The molecule has 0 aromatic rings. The van der Waals surface area contributed by atoms with Crippen LogP contribution in [0, 0.1) is 35.5 Å². The standard InChI is InChI=1S/C29H54/c1-3-5-6-7-9-25-12-16-27(17-13-25)23-29-20-18-28(19-21-29)22-26-14-10-24(8-4-2)11-15-26/h24-29H,3-23H2,1-2H3/t24-,25-,26-,27-,28-,29-. The minimum absolute atomic E-state index is 1.08. The molecule has 0 heterocycles. The highest BCUT2D eigenvalue weighted by molar-refractivity contribution is 4.81. The number of hydrogen-bond donors (Lipinski definition) is 0. The van der Waals surface area contributed by atoms with Gasteiger partial charge in [-0.1, -0.05) is 136 Å². The molecule has 0 saturated heterocycles. The Morgan fingerprint density at radius 1 is 0.379 bits per heavy atom. The molecule has 0 aromatic carbocycles. The Morgan fingerprint density at radius 3 is 1.14 bits per heavy atom. The zero-order valence-electron chi connectivity index (χ0n) is 20.3. The molecule has 0 aliphatic heterocycles. The van der Waals surface area contributed by atoms with Gasteiger partial charge in [-0.25, -0.2) is 0 Å². The van der Waals surface area contributed by atoms with Crippen molar-refractivity contribution in [2.45, 2.75) is 149 Å². The lowest BCUT2D eigenvalue weighted by molar-refractivity contribution is 0.161. The van der Waals surface area contributed by atoms with Gasteiger partial charge >= 0.3 is 0 Å². The third kappa shape index (κ3) is 8.57. The van der Waals surface area contributed by atoms with Crippen molar-refractivity contribution in [1.82, 2.24) is 0 Å². The molecule has 0 N–H and O–H groups in total. The summed E-state index contributed by atoms with van der Waals surface area (Å²) >= 11 is 0. The van der Waals surface area contributed by atoms with Gasteiger partial charge in [-0.15, -0.1) is 0 Å². The first-order chi connectivity index (χ1) is 14.3. The van der Waals surface area contributed by atoms with Crippen molar-refractivity contribution in [3.05, 3.63) is 0 Å². The summed E-state index contributed by atoms with van der Waals surface area (Å²) in [6, 6.07) is 0. The lowest BCUT2D eigenvalue weighted by Gasteiger charge is -2.36. The average Bonchev–Trinajstić information content (AvgIpc) is 2.75. The minimum Gasteiger partial charge on any atom is -0.0654 e. The lowest BCUT2D eigenvalue weighted by atomic mass is 9.70. The maximum atomic E-state index is 2.37. The van der Waals surface area contributed by atoms with Crippen LogP contribution in [0.25, 0.3) is 0 Å². The molecular weight excluding hydrogens is 348 g/mol. The molecule has 3 aliphatic carbocycles. The Hall–Kier alpha value is 0. The summed E-state index contributed by atoms with van der Waals surface area (Å²) < 4.78 is 0. The van der Waals surface area contributed by atoms with Crippen LogP contribution in [-0.4, -0.2) is 0 Å². The van der Waals surface area contributed by atoms with Crippen molar-refractivity contribution in [3.63, 3.8) is 0 Å². The van der Waals surface area contributed by atoms with E-state index in [2.05, 4.69) is 13.8 Å². The van der Waals surface area contributed by atoms with Crippen molar-refractivity contribution in [2.75, 3.05) is 0 Å². The Balaban J connectivity index is 1.23. The summed E-state index contributed by atoms with van der Waals surface area (Å²) in [5, 5.41) is 0. The smallest absolute Gasteiger partial charge is 0.0411 e. The molecule has 170 valence electrons. The van der Waals surface area contributed by atoms with Crippen LogP contribution in [0.1, 0.15) is 149 Å². The Bertz CT molecular complexity index is 388. The summed E-state index contributed by atoms with van der Waals surface area (Å²) in [5.41, 5.74) is 0. The van der Waals surface area contributed by atoms with Crippen LogP contribution >= 0.6 is 0 Å². The van der Waals surface area contributed by atoms with Crippen molar-refractivity contribution in [1.29, 1.82) is 0 Å². The van der Waals surface area contributed by atoms with Crippen LogP contribution in [0.2, 0.25) is 0 Å². The molecule has 3 aliphatic rings. The molecule has 0 spiro atoms. The zero-order valence-corrected chi connectivity index (χ0v) is 20.3. The quantitative estimate of drug-likeness (QED) is 0.301. The molecule has 29 heavy (non-hydrogen) atoms. The molecule has 3 saturated carbocycles. The molecule has 0 atom stereocenters. The van der Waals surface area contributed by atoms with Gasteiger partial charge in [0, 0.05) is 0 Å². The first-order valence-electron chi connectivity index (χ1n) is 14.3. The van der Waals surface area contributed by atoms with Gasteiger partial charge in [-0.3, -0.25) is 0 Å². The normalized spacial score (nSPS) is 36.2. The fraction of sp³-hybridized carbons (Fsp3) is 1.00.